The van der Waals surface area contributed by atoms with E-state index in [1.54, 1.807) is 12.0 Å². The van der Waals surface area contributed by atoms with Crippen LogP contribution < -0.4 is 10.1 Å². The van der Waals surface area contributed by atoms with Crippen molar-refractivity contribution in [1.29, 1.82) is 0 Å². The number of carbonyl (C=O) groups is 1. The highest BCUT2D eigenvalue weighted by Gasteiger charge is 2.25. The van der Waals surface area contributed by atoms with Gasteiger partial charge in [-0.25, -0.2) is 0 Å². The molecule has 1 aliphatic heterocycles. The number of hydrogen-bond acceptors (Lipinski definition) is 3. The Morgan fingerprint density at radius 2 is 1.96 bits per heavy atom. The molecule has 1 heterocycles. The second kappa shape index (κ2) is 6.84. The van der Waals surface area contributed by atoms with Gasteiger partial charge in [-0.05, 0) is 35.2 Å². The minimum absolute atomic E-state index is 0.125. The molecule has 0 radical (unpaired) electrons. The number of rotatable bonds is 4. The largest absolute Gasteiger partial charge is 0.497 e. The fraction of sp³-hybridized carbons (Fsp3) is 0.316. The van der Waals surface area contributed by atoms with Crippen LogP contribution in [0, 0.1) is 0 Å². The first kappa shape index (κ1) is 15.6. The predicted molar refractivity (Wildman–Crippen MR) is 91.6 cm³/mol. The smallest absolute Gasteiger partial charge is 0.239 e. The molecule has 4 nitrogen and oxygen atoms in total. The first-order valence-corrected chi connectivity index (χ1v) is 7.89. The Morgan fingerprint density at radius 3 is 2.70 bits per heavy atom. The summed E-state index contributed by atoms with van der Waals surface area (Å²) in [4.78, 5) is 14.0. The van der Waals surface area contributed by atoms with Gasteiger partial charge in [0.15, 0.2) is 0 Å². The molecule has 0 spiro atoms. The van der Waals surface area contributed by atoms with Crippen molar-refractivity contribution >= 4 is 5.91 Å². The molecule has 0 aromatic heterocycles. The van der Waals surface area contributed by atoms with Crippen LogP contribution in [0.15, 0.2) is 48.5 Å². The maximum atomic E-state index is 12.2. The number of benzene rings is 2. The third-order valence-corrected chi connectivity index (χ3v) is 4.30. The average Bonchev–Trinajstić information content (AvgIpc) is 2.59. The highest BCUT2D eigenvalue weighted by Crippen LogP contribution is 2.23. The van der Waals surface area contributed by atoms with Crippen LogP contribution in [0.5, 0.6) is 5.75 Å². The summed E-state index contributed by atoms with van der Waals surface area (Å²) in [7, 11) is 3.53. The van der Waals surface area contributed by atoms with Crippen molar-refractivity contribution in [3.63, 3.8) is 0 Å². The molecule has 1 fully saturated rings. The number of nitrogens with zero attached hydrogens (tertiary/aromatic N) is 1. The summed E-state index contributed by atoms with van der Waals surface area (Å²) < 4.78 is 5.20. The first-order chi connectivity index (χ1) is 11.2. The van der Waals surface area contributed by atoms with Gasteiger partial charge in [0.25, 0.3) is 0 Å². The van der Waals surface area contributed by atoms with E-state index in [-0.39, 0.29) is 11.9 Å². The van der Waals surface area contributed by atoms with Gasteiger partial charge in [-0.2, -0.15) is 0 Å². The number of hydrogen-bond donors (Lipinski definition) is 1. The van der Waals surface area contributed by atoms with Crippen molar-refractivity contribution in [3.8, 4) is 16.9 Å². The van der Waals surface area contributed by atoms with E-state index in [2.05, 4.69) is 35.6 Å². The zero-order chi connectivity index (χ0) is 16.2. The maximum Gasteiger partial charge on any atom is 0.239 e. The number of amides is 1. The topological polar surface area (TPSA) is 41.6 Å². The fourth-order valence-electron chi connectivity index (χ4n) is 2.93. The third kappa shape index (κ3) is 3.54. The molecule has 0 bridgehead atoms. The van der Waals surface area contributed by atoms with E-state index in [4.69, 9.17) is 4.74 Å². The molecule has 1 amide bonds. The standard InChI is InChI=1S/C19H22N2O2/c1-21-11-10-20-18(19(21)22)13-14-4-3-5-16(12-14)15-6-8-17(23-2)9-7-15/h3-9,12,18,20H,10-11,13H2,1-2H3/t18-/m0/s1. The molecule has 0 unspecified atom stereocenters. The van der Waals surface area contributed by atoms with Crippen molar-refractivity contribution < 1.29 is 9.53 Å². The lowest BCUT2D eigenvalue weighted by atomic mass is 9.98. The molecule has 2 aromatic rings. The van der Waals surface area contributed by atoms with Gasteiger partial charge in [-0.1, -0.05) is 36.4 Å². The maximum absolute atomic E-state index is 12.2. The van der Waals surface area contributed by atoms with Crippen molar-refractivity contribution in [2.75, 3.05) is 27.2 Å². The zero-order valence-electron chi connectivity index (χ0n) is 13.6. The summed E-state index contributed by atoms with van der Waals surface area (Å²) in [6, 6.07) is 16.3. The molecule has 4 heteroatoms. The zero-order valence-corrected chi connectivity index (χ0v) is 13.6. The molecule has 1 aliphatic rings. The van der Waals surface area contributed by atoms with Gasteiger partial charge in [0.05, 0.1) is 13.2 Å². The Morgan fingerprint density at radius 1 is 1.17 bits per heavy atom. The third-order valence-electron chi connectivity index (χ3n) is 4.30. The van der Waals surface area contributed by atoms with Gasteiger partial charge in [-0.15, -0.1) is 0 Å². The first-order valence-electron chi connectivity index (χ1n) is 7.89. The molecule has 120 valence electrons. The van der Waals surface area contributed by atoms with Gasteiger partial charge in [-0.3, -0.25) is 4.79 Å². The van der Waals surface area contributed by atoms with E-state index in [0.717, 1.165) is 30.0 Å². The Kier molecular flexibility index (Phi) is 4.63. The van der Waals surface area contributed by atoms with Crippen LogP contribution in [0.25, 0.3) is 11.1 Å². The van der Waals surface area contributed by atoms with Crippen LogP contribution in [0.4, 0.5) is 0 Å². The Hall–Kier alpha value is -2.33. The van der Waals surface area contributed by atoms with Crippen LogP contribution in [0.1, 0.15) is 5.56 Å². The lowest BCUT2D eigenvalue weighted by Gasteiger charge is -2.30. The van der Waals surface area contributed by atoms with E-state index in [1.165, 1.54) is 5.56 Å². The van der Waals surface area contributed by atoms with Crippen LogP contribution in [0.2, 0.25) is 0 Å². The number of carbonyl (C=O) groups excluding carboxylic acids is 1. The Labute approximate surface area is 137 Å². The SMILES string of the molecule is COc1ccc(-c2cccc(C[C@@H]3NCCN(C)C3=O)c2)cc1. The van der Waals surface area contributed by atoms with Gasteiger partial charge >= 0.3 is 0 Å². The molecule has 1 saturated heterocycles. The molecular weight excluding hydrogens is 288 g/mol. The van der Waals surface area contributed by atoms with Crippen molar-refractivity contribution in [3.05, 3.63) is 54.1 Å². The van der Waals surface area contributed by atoms with Crippen molar-refractivity contribution in [2.24, 2.45) is 0 Å². The molecule has 0 aliphatic carbocycles. The lowest BCUT2D eigenvalue weighted by Crippen LogP contribution is -2.54. The summed E-state index contributed by atoms with van der Waals surface area (Å²) in [5.41, 5.74) is 3.47. The second-order valence-corrected chi connectivity index (χ2v) is 5.90. The quantitative estimate of drug-likeness (QED) is 0.942. The van der Waals surface area contributed by atoms with Gasteiger partial charge in [0.1, 0.15) is 5.75 Å². The number of methoxy groups -OCH3 is 1. The van der Waals surface area contributed by atoms with Gasteiger partial charge < -0.3 is 15.0 Å². The molecule has 3 rings (SSSR count). The van der Waals surface area contributed by atoms with E-state index in [1.807, 2.05) is 25.2 Å². The highest BCUT2D eigenvalue weighted by molar-refractivity contribution is 5.82. The number of ether oxygens (including phenoxy) is 1. The van der Waals surface area contributed by atoms with E-state index in [0.29, 0.717) is 6.42 Å². The average molecular weight is 310 g/mol. The van der Waals surface area contributed by atoms with Gasteiger partial charge in [0, 0.05) is 20.1 Å². The molecular formula is C19H22N2O2. The minimum atomic E-state index is -0.125. The summed E-state index contributed by atoms with van der Waals surface area (Å²) in [6.45, 7) is 1.63. The van der Waals surface area contributed by atoms with Crippen molar-refractivity contribution in [2.45, 2.75) is 12.5 Å². The normalized spacial score (nSPS) is 18.1. The predicted octanol–water partition coefficient (Wildman–Crippen LogP) is 2.33. The van der Waals surface area contributed by atoms with Crippen LogP contribution in [-0.2, 0) is 11.2 Å². The number of likely N-dealkylation sites (N-methyl/N-ethyl adjacent to an activating group) is 1. The summed E-state index contributed by atoms with van der Waals surface area (Å²) in [5, 5.41) is 3.31. The van der Waals surface area contributed by atoms with Gasteiger partial charge in [0.2, 0.25) is 5.91 Å². The highest BCUT2D eigenvalue weighted by atomic mass is 16.5. The summed E-state index contributed by atoms with van der Waals surface area (Å²) in [6.07, 6.45) is 0.715. The number of piperazine rings is 1. The molecule has 2 aromatic carbocycles. The number of nitrogens with one attached hydrogen (secondary N) is 1. The second-order valence-electron chi connectivity index (χ2n) is 5.90. The fourth-order valence-corrected chi connectivity index (χ4v) is 2.93. The van der Waals surface area contributed by atoms with Crippen LogP contribution in [-0.4, -0.2) is 44.1 Å². The van der Waals surface area contributed by atoms with Crippen molar-refractivity contribution in [1.82, 2.24) is 10.2 Å². The molecule has 1 atom stereocenters. The van der Waals surface area contributed by atoms with E-state index >= 15 is 0 Å². The summed E-state index contributed by atoms with van der Waals surface area (Å²) in [5.74, 6) is 1.02. The molecule has 1 N–H and O–H groups in total. The minimum Gasteiger partial charge on any atom is -0.497 e. The monoisotopic (exact) mass is 310 g/mol. The Balaban J connectivity index is 1.78. The van der Waals surface area contributed by atoms with Crippen LogP contribution in [0.3, 0.4) is 0 Å². The Bertz CT molecular complexity index is 682. The molecule has 23 heavy (non-hydrogen) atoms. The van der Waals surface area contributed by atoms with E-state index in [9.17, 15) is 4.79 Å². The van der Waals surface area contributed by atoms with Crippen LogP contribution >= 0.6 is 0 Å². The molecule has 0 saturated carbocycles. The summed E-state index contributed by atoms with van der Waals surface area (Å²) >= 11 is 0. The van der Waals surface area contributed by atoms with E-state index < -0.39 is 0 Å². The lowest BCUT2D eigenvalue weighted by molar-refractivity contribution is -0.134.